The molecule has 58 heavy (non-hydrogen) atoms. The number of hydrogen-bond donors (Lipinski definition) is 1. The number of sulfonamides is 2. The third kappa shape index (κ3) is 15.3. The monoisotopic (exact) mass is 875 g/mol. The molecule has 0 aliphatic rings. The average molecular weight is 877 g/mol. The van der Waals surface area contributed by atoms with Crippen molar-refractivity contribution in [2.45, 2.75) is 61.3 Å². The Morgan fingerprint density at radius 1 is 0.603 bits per heavy atom. The lowest BCUT2D eigenvalue weighted by molar-refractivity contribution is 0.483. The molecule has 2 aromatic heterocycles. The number of fused-ring (bicyclic) bond motifs is 2. The van der Waals surface area contributed by atoms with E-state index in [0.717, 1.165) is 11.0 Å². The Morgan fingerprint density at radius 2 is 1.00 bits per heavy atom. The summed E-state index contributed by atoms with van der Waals surface area (Å²) >= 11 is 0. The first-order valence-electron chi connectivity index (χ1n) is 18.5. The van der Waals surface area contributed by atoms with E-state index >= 15 is 0 Å². The minimum absolute atomic E-state index is 0. The lowest BCUT2D eigenvalue weighted by Crippen LogP contribution is -2.39. The van der Waals surface area contributed by atoms with E-state index < -0.39 is 29.1 Å². The smallest absolute Gasteiger partial charge is 0.248 e. The molecule has 14 nitrogen and oxygen atoms in total. The fourth-order valence-corrected chi connectivity index (χ4v) is 9.96. The van der Waals surface area contributed by atoms with Crippen LogP contribution in [0.25, 0.3) is 22.1 Å². The molecule has 0 fully saturated rings. The minimum atomic E-state index is -4.05. The Bertz CT molecular complexity index is 2540. The van der Waals surface area contributed by atoms with Gasteiger partial charge in [0.05, 0.1) is 45.0 Å². The maximum atomic E-state index is 12.8. The van der Waals surface area contributed by atoms with Gasteiger partial charge in [0.25, 0.3) is 0 Å². The summed E-state index contributed by atoms with van der Waals surface area (Å²) in [7, 11) is -6.50. The summed E-state index contributed by atoms with van der Waals surface area (Å²) in [6, 6.07) is 24.1. The van der Waals surface area contributed by atoms with Gasteiger partial charge in [0.2, 0.25) is 29.1 Å². The zero-order chi connectivity index (χ0) is 42.8. The van der Waals surface area contributed by atoms with Gasteiger partial charge in [0.1, 0.15) is 23.0 Å². The van der Waals surface area contributed by atoms with E-state index in [9.17, 15) is 25.3 Å². The molecule has 0 bridgehead atoms. The van der Waals surface area contributed by atoms with Gasteiger partial charge >= 0.3 is 0 Å². The SMILES string of the molecule is C.CCCS(=O)(=O)Cl.CCCS(=O)(=O)N(c1cccc(Oc2ccc3nccnc3c2)c1)S(=O)(=O)CCC.Nc1cccc(Oc2ccc3nccnc3c2)c1.[2H]CC. The van der Waals surface area contributed by atoms with Crippen LogP contribution < -0.4 is 18.9 Å². The van der Waals surface area contributed by atoms with E-state index in [-0.39, 0.29) is 30.4 Å². The van der Waals surface area contributed by atoms with Gasteiger partial charge in [-0.3, -0.25) is 19.9 Å². The molecule has 314 valence electrons. The molecule has 2 heterocycles. The van der Waals surface area contributed by atoms with Crippen LogP contribution in [0.15, 0.2) is 110 Å². The van der Waals surface area contributed by atoms with Crippen molar-refractivity contribution in [1.82, 2.24) is 19.9 Å². The predicted octanol–water partition coefficient (Wildman–Crippen LogP) is 9.34. The highest BCUT2D eigenvalue weighted by atomic mass is 35.7. The van der Waals surface area contributed by atoms with Gasteiger partial charge in [-0.05, 0) is 67.8 Å². The molecule has 18 heteroatoms. The largest absolute Gasteiger partial charge is 0.457 e. The first-order chi connectivity index (χ1) is 27.5. The van der Waals surface area contributed by atoms with Crippen molar-refractivity contribution in [2.24, 2.45) is 0 Å². The van der Waals surface area contributed by atoms with Crippen LogP contribution in [0.2, 0.25) is 0 Å². The van der Waals surface area contributed by atoms with Crippen molar-refractivity contribution in [2.75, 3.05) is 26.7 Å². The molecule has 0 saturated heterocycles. The number of hydrogen-bond acceptors (Lipinski definition) is 13. The Balaban J connectivity index is 0.000000348. The van der Waals surface area contributed by atoms with Gasteiger partial charge in [-0.25, -0.2) is 25.3 Å². The highest BCUT2D eigenvalue weighted by molar-refractivity contribution is 8.13. The molecule has 0 aliphatic carbocycles. The van der Waals surface area contributed by atoms with Crippen molar-refractivity contribution in [3.8, 4) is 23.0 Å². The van der Waals surface area contributed by atoms with Crippen molar-refractivity contribution in [3.63, 3.8) is 0 Å². The third-order valence-electron chi connectivity index (χ3n) is 7.12. The van der Waals surface area contributed by atoms with Gasteiger partial charge < -0.3 is 15.2 Å². The maximum absolute atomic E-state index is 12.8. The molecule has 0 saturated carbocycles. The van der Waals surface area contributed by atoms with Crippen LogP contribution in [0.1, 0.15) is 62.7 Å². The highest BCUT2D eigenvalue weighted by Gasteiger charge is 2.33. The number of nitrogen functional groups attached to an aromatic ring is 1. The molecule has 0 aliphatic heterocycles. The standard InChI is InChI=1S/C20H23N3O5S2.C14H11N3O.C3H7ClO2S.C2H6.CH4/c1-3-12-29(24,25)23(30(26,27)13-4-2)16-6-5-7-17(14-16)28-18-8-9-19-20(15-18)22-11-10-21-19;15-10-2-1-3-11(8-10)18-12-4-5-13-14(9-12)17-7-6-16-13;1-2-3-7(4,5)6;1-2;/h5-11,14-15H,3-4,12-13H2,1-2H3;1-9H,15H2;2-3H2,1H3;1-2H3;1H4/i;;;1D;. The van der Waals surface area contributed by atoms with Crippen LogP contribution in [0.4, 0.5) is 11.4 Å². The minimum Gasteiger partial charge on any atom is -0.457 e. The number of nitrogens with two attached hydrogens (primary N) is 1. The van der Waals surface area contributed by atoms with E-state index in [1.54, 1.807) is 88.9 Å². The van der Waals surface area contributed by atoms with Crippen LogP contribution in [-0.4, -0.2) is 62.4 Å². The summed E-state index contributed by atoms with van der Waals surface area (Å²) in [6.45, 7) is 7.43. The summed E-state index contributed by atoms with van der Waals surface area (Å²) in [4.78, 5) is 16.9. The lowest BCUT2D eigenvalue weighted by Gasteiger charge is -2.24. The average Bonchev–Trinajstić information content (AvgIpc) is 3.15. The second-order valence-corrected chi connectivity index (χ2v) is 18.8. The molecule has 2 N–H and O–H groups in total. The van der Waals surface area contributed by atoms with Crippen LogP contribution >= 0.6 is 10.7 Å². The molecule has 0 unspecified atom stereocenters. The number of rotatable bonds is 13. The van der Waals surface area contributed by atoms with Crippen molar-refractivity contribution in [1.29, 1.82) is 0 Å². The van der Waals surface area contributed by atoms with Gasteiger partial charge in [-0.1, -0.05) is 54.2 Å². The number of aromatic nitrogens is 4. The lowest BCUT2D eigenvalue weighted by atomic mass is 10.2. The molecule has 4 aromatic carbocycles. The second kappa shape index (κ2) is 23.3. The second-order valence-electron chi connectivity index (χ2n) is 11.8. The number of benzene rings is 4. The molecule has 0 atom stereocenters. The molecule has 0 amide bonds. The molecule has 6 aromatic rings. The normalized spacial score (nSPS) is 11.2. The number of ether oxygens (including phenoxy) is 2. The topological polar surface area (TPSA) is 202 Å². The summed E-state index contributed by atoms with van der Waals surface area (Å²) < 4.78 is 89.3. The number of nitrogens with zero attached hydrogens (tertiary/aromatic N) is 5. The Morgan fingerprint density at radius 3 is 1.40 bits per heavy atom. The van der Waals surface area contributed by atoms with E-state index in [1.807, 2.05) is 36.4 Å². The predicted molar refractivity (Wildman–Crippen MR) is 235 cm³/mol. The van der Waals surface area contributed by atoms with Gasteiger partial charge in [-0.15, -0.1) is 0 Å². The summed E-state index contributed by atoms with van der Waals surface area (Å²) in [6.07, 6.45) is 7.68. The molecular formula is C40H51ClN6O8S3. The molecule has 0 spiro atoms. The third-order valence-corrected chi connectivity index (χ3v) is 13.1. The van der Waals surface area contributed by atoms with Crippen molar-refractivity contribution >= 4 is 73.2 Å². The molecule has 6 rings (SSSR count). The zero-order valence-electron chi connectivity index (χ0n) is 33.0. The molecule has 0 radical (unpaired) electrons. The highest BCUT2D eigenvalue weighted by Crippen LogP contribution is 2.31. The van der Waals surface area contributed by atoms with Gasteiger partial charge in [0, 0.05) is 66.8 Å². The molecular weight excluding hydrogens is 824 g/mol. The van der Waals surface area contributed by atoms with Crippen LogP contribution in [-0.2, 0) is 29.1 Å². The van der Waals surface area contributed by atoms with Crippen LogP contribution in [0.3, 0.4) is 0 Å². The van der Waals surface area contributed by atoms with E-state index in [2.05, 4.69) is 19.9 Å². The fourth-order valence-electron chi connectivity index (χ4n) is 4.94. The zero-order valence-corrected chi connectivity index (χ0v) is 35.2. The van der Waals surface area contributed by atoms with Crippen LogP contribution in [0, 0.1) is 0 Å². The quantitative estimate of drug-likeness (QED) is 0.0850. The van der Waals surface area contributed by atoms with Crippen LogP contribution in [0.5, 0.6) is 23.0 Å². The van der Waals surface area contributed by atoms with E-state index in [1.165, 1.54) is 12.1 Å². The van der Waals surface area contributed by atoms with Crippen molar-refractivity contribution in [3.05, 3.63) is 110 Å². The van der Waals surface area contributed by atoms with E-state index in [0.29, 0.717) is 69.6 Å². The van der Waals surface area contributed by atoms with Gasteiger partial charge in [-0.2, -0.15) is 3.71 Å². The first kappa shape index (κ1) is 47.3. The summed E-state index contributed by atoms with van der Waals surface area (Å²) in [5, 5.41) is 0. The Labute approximate surface area is 348 Å². The Hall–Kier alpha value is -5.10. The maximum Gasteiger partial charge on any atom is 0.248 e. The summed E-state index contributed by atoms with van der Waals surface area (Å²) in [5.74, 6) is 1.73. The Kier molecular flexibility index (Phi) is 19.0. The first-order valence-corrected chi connectivity index (χ1v) is 23.5. The number of anilines is 2. The van der Waals surface area contributed by atoms with Crippen molar-refractivity contribution < 1.29 is 36.1 Å². The number of halogens is 1. The van der Waals surface area contributed by atoms with Gasteiger partial charge in [0.15, 0.2) is 0 Å². The fraction of sp³-hybridized carbons (Fsp3) is 0.300. The van der Waals surface area contributed by atoms with E-state index in [4.69, 9.17) is 27.3 Å². The summed E-state index contributed by atoms with van der Waals surface area (Å²) in [5.41, 5.74) is 9.40.